The highest BCUT2D eigenvalue weighted by Crippen LogP contribution is 2.25. The van der Waals surface area contributed by atoms with E-state index in [-0.39, 0.29) is 0 Å². The number of alkyl halides is 1. The Kier molecular flexibility index (Phi) is 4.72. The SMILES string of the molecule is COc1ccc(CN(C)CCl)cc1Br. The van der Waals surface area contributed by atoms with E-state index in [9.17, 15) is 0 Å². The van der Waals surface area contributed by atoms with Crippen molar-refractivity contribution in [2.75, 3.05) is 20.2 Å². The summed E-state index contributed by atoms with van der Waals surface area (Å²) in [5.41, 5.74) is 1.21. The van der Waals surface area contributed by atoms with Gasteiger partial charge in [0.2, 0.25) is 0 Å². The van der Waals surface area contributed by atoms with Gasteiger partial charge in [-0.05, 0) is 40.7 Å². The second-order valence-corrected chi connectivity index (χ2v) is 4.20. The van der Waals surface area contributed by atoms with Gasteiger partial charge in [-0.15, -0.1) is 11.6 Å². The van der Waals surface area contributed by atoms with Crippen LogP contribution in [0.4, 0.5) is 0 Å². The highest BCUT2D eigenvalue weighted by atomic mass is 79.9. The Labute approximate surface area is 97.9 Å². The first kappa shape index (κ1) is 11.8. The van der Waals surface area contributed by atoms with Crippen LogP contribution in [-0.4, -0.2) is 25.1 Å². The fourth-order valence-electron chi connectivity index (χ4n) is 1.16. The summed E-state index contributed by atoms with van der Waals surface area (Å²) in [7, 11) is 3.63. The Bertz CT molecular complexity index is 306. The van der Waals surface area contributed by atoms with Gasteiger partial charge < -0.3 is 4.74 Å². The lowest BCUT2D eigenvalue weighted by atomic mass is 10.2. The minimum atomic E-state index is 0.531. The maximum absolute atomic E-state index is 5.69. The average molecular weight is 279 g/mol. The molecule has 0 fully saturated rings. The van der Waals surface area contributed by atoms with Crippen molar-refractivity contribution >= 4 is 27.5 Å². The molecule has 4 heteroatoms. The largest absolute Gasteiger partial charge is 0.496 e. The van der Waals surface area contributed by atoms with E-state index in [1.165, 1.54) is 5.56 Å². The predicted octanol–water partition coefficient (Wildman–Crippen LogP) is 3.09. The molecule has 78 valence electrons. The van der Waals surface area contributed by atoms with Crippen LogP contribution in [0.1, 0.15) is 5.56 Å². The van der Waals surface area contributed by atoms with Gasteiger partial charge in [-0.3, -0.25) is 4.90 Å². The zero-order valence-corrected chi connectivity index (χ0v) is 10.6. The maximum atomic E-state index is 5.69. The molecule has 14 heavy (non-hydrogen) atoms. The summed E-state index contributed by atoms with van der Waals surface area (Å²) < 4.78 is 6.12. The molecule has 0 N–H and O–H groups in total. The lowest BCUT2D eigenvalue weighted by molar-refractivity contribution is 0.381. The highest BCUT2D eigenvalue weighted by molar-refractivity contribution is 9.10. The van der Waals surface area contributed by atoms with Crippen LogP contribution in [0.15, 0.2) is 22.7 Å². The standard InChI is InChI=1S/C10H13BrClNO/c1-13(7-12)6-8-3-4-10(14-2)9(11)5-8/h3-5H,6-7H2,1-2H3. The minimum absolute atomic E-state index is 0.531. The van der Waals surface area contributed by atoms with Crippen molar-refractivity contribution in [1.82, 2.24) is 4.90 Å². The molecule has 0 aliphatic heterocycles. The van der Waals surface area contributed by atoms with Gasteiger partial charge in [-0.2, -0.15) is 0 Å². The summed E-state index contributed by atoms with van der Waals surface area (Å²) in [6, 6.07) is 6.56. The minimum Gasteiger partial charge on any atom is -0.496 e. The molecule has 1 aromatic rings. The molecule has 0 aliphatic rings. The van der Waals surface area contributed by atoms with Crippen molar-refractivity contribution in [3.05, 3.63) is 28.2 Å². The molecule has 0 amide bonds. The van der Waals surface area contributed by atoms with Crippen LogP contribution in [0.3, 0.4) is 0 Å². The van der Waals surface area contributed by atoms with Gasteiger partial charge in [0.15, 0.2) is 0 Å². The van der Waals surface area contributed by atoms with E-state index in [4.69, 9.17) is 16.3 Å². The molecule has 0 atom stereocenters. The highest BCUT2D eigenvalue weighted by Gasteiger charge is 2.03. The van der Waals surface area contributed by atoms with E-state index in [2.05, 4.69) is 15.9 Å². The molecule has 0 spiro atoms. The van der Waals surface area contributed by atoms with E-state index < -0.39 is 0 Å². The second-order valence-electron chi connectivity index (χ2n) is 3.10. The van der Waals surface area contributed by atoms with Crippen LogP contribution in [0.2, 0.25) is 0 Å². The van der Waals surface area contributed by atoms with Gasteiger partial charge in [-0.1, -0.05) is 6.07 Å². The summed E-state index contributed by atoms with van der Waals surface area (Å²) in [4.78, 5) is 2.02. The molecule has 2 nitrogen and oxygen atoms in total. The van der Waals surface area contributed by atoms with Crippen molar-refractivity contribution in [3.63, 3.8) is 0 Å². The first-order valence-corrected chi connectivity index (χ1v) is 5.57. The van der Waals surface area contributed by atoms with Gasteiger partial charge in [0.25, 0.3) is 0 Å². The third-order valence-electron chi connectivity index (χ3n) is 1.87. The van der Waals surface area contributed by atoms with Crippen LogP contribution in [0.25, 0.3) is 0 Å². The monoisotopic (exact) mass is 277 g/mol. The van der Waals surface area contributed by atoms with Crippen molar-refractivity contribution in [2.45, 2.75) is 6.54 Å². The predicted molar refractivity (Wildman–Crippen MR) is 62.9 cm³/mol. The fourth-order valence-corrected chi connectivity index (χ4v) is 1.83. The zero-order valence-electron chi connectivity index (χ0n) is 8.26. The van der Waals surface area contributed by atoms with Crippen molar-refractivity contribution in [3.8, 4) is 5.75 Å². The normalized spacial score (nSPS) is 10.6. The number of benzene rings is 1. The third-order valence-corrected chi connectivity index (χ3v) is 2.90. The summed E-state index contributed by atoms with van der Waals surface area (Å²) in [6.45, 7) is 0.839. The number of halogens is 2. The summed E-state index contributed by atoms with van der Waals surface area (Å²) in [5.74, 6) is 0.849. The average Bonchev–Trinajstić information content (AvgIpc) is 2.18. The second kappa shape index (κ2) is 5.59. The van der Waals surface area contributed by atoms with Gasteiger partial charge in [0, 0.05) is 6.54 Å². The molecule has 1 aromatic carbocycles. The third kappa shape index (κ3) is 3.15. The van der Waals surface area contributed by atoms with Crippen LogP contribution >= 0.6 is 27.5 Å². The molecule has 0 saturated carbocycles. The number of ether oxygens (including phenoxy) is 1. The molecule has 1 rings (SSSR count). The quantitative estimate of drug-likeness (QED) is 0.620. The number of hydrogen-bond acceptors (Lipinski definition) is 2. The van der Waals surface area contributed by atoms with E-state index in [1.54, 1.807) is 7.11 Å². The fraction of sp³-hybridized carbons (Fsp3) is 0.400. The lowest BCUT2D eigenvalue weighted by Gasteiger charge is -2.13. The lowest BCUT2D eigenvalue weighted by Crippen LogP contribution is -2.15. The first-order valence-electron chi connectivity index (χ1n) is 4.24. The number of methoxy groups -OCH3 is 1. The molecule has 0 heterocycles. The van der Waals surface area contributed by atoms with Crippen molar-refractivity contribution in [1.29, 1.82) is 0 Å². The first-order chi connectivity index (χ1) is 6.67. The Hall–Kier alpha value is -0.250. The molecule has 0 bridgehead atoms. The van der Waals surface area contributed by atoms with Crippen molar-refractivity contribution < 1.29 is 4.74 Å². The van der Waals surface area contributed by atoms with E-state index in [0.717, 1.165) is 16.8 Å². The van der Waals surface area contributed by atoms with E-state index in [1.807, 2.05) is 30.1 Å². The van der Waals surface area contributed by atoms with Crippen LogP contribution in [-0.2, 0) is 6.54 Å². The molecular formula is C10H13BrClNO. The van der Waals surface area contributed by atoms with E-state index in [0.29, 0.717) is 6.00 Å². The molecule has 0 aromatic heterocycles. The Morgan fingerprint density at radius 1 is 1.50 bits per heavy atom. The van der Waals surface area contributed by atoms with E-state index >= 15 is 0 Å². The van der Waals surface area contributed by atoms with Gasteiger partial charge in [-0.25, -0.2) is 0 Å². The van der Waals surface area contributed by atoms with Crippen LogP contribution < -0.4 is 4.74 Å². The maximum Gasteiger partial charge on any atom is 0.133 e. The van der Waals surface area contributed by atoms with Crippen molar-refractivity contribution in [2.24, 2.45) is 0 Å². The van der Waals surface area contributed by atoms with Gasteiger partial charge in [0.05, 0.1) is 17.6 Å². The number of nitrogens with zero attached hydrogens (tertiary/aromatic N) is 1. The van der Waals surface area contributed by atoms with Crippen LogP contribution in [0, 0.1) is 0 Å². The Balaban J connectivity index is 2.76. The smallest absolute Gasteiger partial charge is 0.133 e. The molecular weight excluding hydrogens is 265 g/mol. The molecule has 0 aliphatic carbocycles. The van der Waals surface area contributed by atoms with Gasteiger partial charge in [0.1, 0.15) is 5.75 Å². The number of hydrogen-bond donors (Lipinski definition) is 0. The Morgan fingerprint density at radius 2 is 2.21 bits per heavy atom. The molecule has 0 unspecified atom stereocenters. The Morgan fingerprint density at radius 3 is 2.71 bits per heavy atom. The van der Waals surface area contributed by atoms with Crippen LogP contribution in [0.5, 0.6) is 5.75 Å². The summed E-state index contributed by atoms with van der Waals surface area (Å²) in [5, 5.41) is 0. The number of rotatable bonds is 4. The molecule has 0 saturated heterocycles. The summed E-state index contributed by atoms with van der Waals surface area (Å²) in [6.07, 6.45) is 0. The summed E-state index contributed by atoms with van der Waals surface area (Å²) >= 11 is 9.13. The topological polar surface area (TPSA) is 12.5 Å². The van der Waals surface area contributed by atoms with Gasteiger partial charge >= 0.3 is 0 Å². The zero-order chi connectivity index (χ0) is 10.6. The molecule has 0 radical (unpaired) electrons.